The van der Waals surface area contributed by atoms with Gasteiger partial charge in [-0.05, 0) is 41.7 Å². The number of aliphatic hydroxyl groups excluding tert-OH is 1. The summed E-state index contributed by atoms with van der Waals surface area (Å²) in [6, 6.07) is 12.6. The minimum absolute atomic E-state index is 0.00863. The van der Waals surface area contributed by atoms with Crippen LogP contribution < -0.4 is 11.1 Å². The second kappa shape index (κ2) is 20.5. The Kier molecular flexibility index (Phi) is 16.4. The summed E-state index contributed by atoms with van der Waals surface area (Å²) < 4.78 is 67.9. The van der Waals surface area contributed by atoms with Gasteiger partial charge in [0.25, 0.3) is 11.8 Å². The molecule has 14 nitrogen and oxygen atoms in total. The number of rotatable bonds is 16. The van der Waals surface area contributed by atoms with Gasteiger partial charge in [0.05, 0.1) is 25.0 Å². The average Bonchev–Trinajstić information content (AvgIpc) is 3.70. The van der Waals surface area contributed by atoms with E-state index in [1.807, 2.05) is 55.7 Å². The maximum absolute atomic E-state index is 15.0. The standard InChI is InChI=1S/C37H43F2N5O7.C2HF3O2/c1-37(2,3)35(30-19-25(27-20-26(38)9-10-28(27)39)22-42(30)21-24-7-5-4-6-8-24)44(33(48)23-45)16-14-29(40)36(50)41-15-13-34(49)51-18-17-43-31(46)11-12-32(43)47;3-2(4,5)1(6)7/h4-12,19-20,22,29,35,45H,13-18,21,23,40H2,1-3H3,(H,41,50);(H,6,7)/t29-,35-;/m0./s1. The Morgan fingerprint density at radius 1 is 0.966 bits per heavy atom. The van der Waals surface area contributed by atoms with E-state index in [-0.39, 0.29) is 44.6 Å². The molecule has 19 heteroatoms. The monoisotopic (exact) mass is 821 g/mol. The van der Waals surface area contributed by atoms with Gasteiger partial charge in [-0.25, -0.2) is 13.6 Å². The van der Waals surface area contributed by atoms with E-state index in [1.54, 1.807) is 12.3 Å². The van der Waals surface area contributed by atoms with Crippen LogP contribution in [-0.4, -0.2) is 105 Å². The highest BCUT2D eigenvalue weighted by Gasteiger charge is 2.39. The fourth-order valence-electron chi connectivity index (χ4n) is 5.90. The first-order valence-corrected chi connectivity index (χ1v) is 17.8. The molecule has 3 aromatic rings. The number of benzene rings is 2. The number of carbonyl (C=O) groups excluding carboxylic acids is 5. The molecule has 1 aliphatic rings. The van der Waals surface area contributed by atoms with Crippen molar-refractivity contribution in [3.05, 3.63) is 95.8 Å². The van der Waals surface area contributed by atoms with E-state index >= 15 is 0 Å². The van der Waals surface area contributed by atoms with Crippen molar-refractivity contribution >= 4 is 35.6 Å². The number of halogens is 5. The number of aromatic nitrogens is 1. The number of carbonyl (C=O) groups is 6. The Labute approximate surface area is 330 Å². The van der Waals surface area contributed by atoms with Gasteiger partial charge in [-0.3, -0.25) is 28.9 Å². The topological polar surface area (TPSA) is 202 Å². The summed E-state index contributed by atoms with van der Waals surface area (Å²) in [6.45, 7) is 4.82. The Bertz CT molecular complexity index is 1960. The summed E-state index contributed by atoms with van der Waals surface area (Å²) in [5.74, 6) is -6.82. The zero-order chi connectivity index (χ0) is 43.4. The van der Waals surface area contributed by atoms with Crippen molar-refractivity contribution in [2.75, 3.05) is 32.8 Å². The van der Waals surface area contributed by atoms with Crippen molar-refractivity contribution in [2.45, 2.75) is 58.4 Å². The third kappa shape index (κ3) is 13.3. The van der Waals surface area contributed by atoms with Gasteiger partial charge in [-0.2, -0.15) is 13.2 Å². The van der Waals surface area contributed by atoms with Gasteiger partial charge >= 0.3 is 18.1 Å². The van der Waals surface area contributed by atoms with Crippen molar-refractivity contribution < 1.29 is 65.7 Å². The number of ether oxygens (including phenoxy) is 1. The quantitative estimate of drug-likeness (QED) is 0.0938. The number of nitrogens with two attached hydrogens (primary N) is 1. The van der Waals surface area contributed by atoms with Gasteiger partial charge < -0.3 is 35.5 Å². The number of aliphatic carboxylic acids is 1. The number of imide groups is 1. The Morgan fingerprint density at radius 2 is 1.59 bits per heavy atom. The maximum atomic E-state index is 15.0. The van der Waals surface area contributed by atoms with Gasteiger partial charge in [-0.15, -0.1) is 0 Å². The van der Waals surface area contributed by atoms with Crippen molar-refractivity contribution in [3.8, 4) is 11.1 Å². The van der Waals surface area contributed by atoms with E-state index in [4.69, 9.17) is 20.4 Å². The highest BCUT2D eigenvalue weighted by molar-refractivity contribution is 6.12. The normalized spacial score (nSPS) is 13.7. The zero-order valence-corrected chi connectivity index (χ0v) is 31.8. The lowest BCUT2D eigenvalue weighted by Gasteiger charge is -2.41. The molecule has 2 heterocycles. The molecule has 5 N–H and O–H groups in total. The SMILES string of the molecule is CC(C)(C)[C@H](c1cc(-c2cc(F)ccc2F)cn1Cc1ccccc1)N(CC[C@H](N)C(=O)NCCC(=O)OCCN1C(=O)C=CC1=O)C(=O)CO.O=C(O)C(F)(F)F. The summed E-state index contributed by atoms with van der Waals surface area (Å²) in [5.41, 5.74) is 7.51. The second-order valence-corrected chi connectivity index (χ2v) is 14.0. The molecule has 1 aliphatic heterocycles. The predicted octanol–water partition coefficient (Wildman–Crippen LogP) is 3.71. The fourth-order valence-corrected chi connectivity index (χ4v) is 5.90. The molecule has 2 atom stereocenters. The smallest absolute Gasteiger partial charge is 0.475 e. The molecule has 0 unspecified atom stereocenters. The number of carboxylic acids is 1. The summed E-state index contributed by atoms with van der Waals surface area (Å²) in [6.07, 6.45) is -1.32. The van der Waals surface area contributed by atoms with Crippen molar-refractivity contribution in [3.63, 3.8) is 0 Å². The third-order valence-corrected chi connectivity index (χ3v) is 8.60. The molecule has 0 bridgehead atoms. The molecule has 4 rings (SSSR count). The zero-order valence-electron chi connectivity index (χ0n) is 31.8. The van der Waals surface area contributed by atoms with Crippen molar-refractivity contribution in [1.82, 2.24) is 19.7 Å². The van der Waals surface area contributed by atoms with Gasteiger partial charge in [0, 0.05) is 54.8 Å². The number of nitrogens with zero attached hydrogens (tertiary/aromatic N) is 3. The first kappa shape index (κ1) is 46.4. The van der Waals surface area contributed by atoms with Crippen molar-refractivity contribution in [2.24, 2.45) is 11.1 Å². The molecular weight excluding hydrogens is 777 g/mol. The lowest BCUT2D eigenvalue weighted by atomic mass is 9.82. The van der Waals surface area contributed by atoms with Crippen LogP contribution in [-0.2, 0) is 40.0 Å². The molecule has 0 saturated carbocycles. The third-order valence-electron chi connectivity index (χ3n) is 8.60. The summed E-state index contributed by atoms with van der Waals surface area (Å²) in [5, 5.41) is 19.7. The largest absolute Gasteiger partial charge is 0.490 e. The van der Waals surface area contributed by atoms with Gasteiger partial charge in [0.15, 0.2) is 0 Å². The Morgan fingerprint density at radius 3 is 2.16 bits per heavy atom. The molecule has 58 heavy (non-hydrogen) atoms. The molecule has 0 saturated heterocycles. The lowest BCUT2D eigenvalue weighted by Crippen LogP contribution is -2.47. The molecule has 2 aromatic carbocycles. The first-order valence-electron chi connectivity index (χ1n) is 17.8. The van der Waals surface area contributed by atoms with Crippen LogP contribution in [0.25, 0.3) is 11.1 Å². The lowest BCUT2D eigenvalue weighted by molar-refractivity contribution is -0.192. The van der Waals surface area contributed by atoms with Crippen LogP contribution in [0.1, 0.15) is 50.9 Å². The molecule has 0 aliphatic carbocycles. The number of carboxylic acid groups (broad SMARTS) is 1. The van der Waals surface area contributed by atoms with Gasteiger partial charge in [-0.1, -0.05) is 51.1 Å². The van der Waals surface area contributed by atoms with Gasteiger partial charge in [0.2, 0.25) is 11.8 Å². The van der Waals surface area contributed by atoms with Crippen LogP contribution in [0.5, 0.6) is 0 Å². The van der Waals surface area contributed by atoms with Crippen LogP contribution in [0, 0.1) is 17.0 Å². The van der Waals surface area contributed by atoms with E-state index in [0.29, 0.717) is 17.8 Å². The number of nitrogens with one attached hydrogen (secondary N) is 1. The number of alkyl halides is 3. The minimum atomic E-state index is -5.08. The van der Waals surface area contributed by atoms with Crippen LogP contribution in [0.4, 0.5) is 22.0 Å². The van der Waals surface area contributed by atoms with Crippen LogP contribution >= 0.6 is 0 Å². The molecule has 0 spiro atoms. The van der Waals surface area contributed by atoms with E-state index < -0.39 is 77.5 Å². The molecule has 0 radical (unpaired) electrons. The van der Waals surface area contributed by atoms with E-state index in [0.717, 1.165) is 40.8 Å². The van der Waals surface area contributed by atoms with Crippen LogP contribution in [0.3, 0.4) is 0 Å². The van der Waals surface area contributed by atoms with Gasteiger partial charge in [0.1, 0.15) is 24.8 Å². The highest BCUT2D eigenvalue weighted by atomic mass is 19.4. The van der Waals surface area contributed by atoms with E-state index in [9.17, 15) is 51.0 Å². The molecule has 314 valence electrons. The number of esters is 1. The number of aliphatic hydroxyl groups is 1. The average molecular weight is 822 g/mol. The fraction of sp³-hybridized carbons (Fsp3) is 0.385. The van der Waals surface area contributed by atoms with Crippen LogP contribution in [0.2, 0.25) is 0 Å². The Balaban J connectivity index is 0.00000117. The number of hydrogen-bond donors (Lipinski definition) is 4. The predicted molar refractivity (Wildman–Crippen MR) is 197 cm³/mol. The van der Waals surface area contributed by atoms with E-state index in [2.05, 4.69) is 5.32 Å². The maximum Gasteiger partial charge on any atom is 0.490 e. The highest BCUT2D eigenvalue weighted by Crippen LogP contribution is 2.41. The molecule has 4 amide bonds. The molecule has 0 fully saturated rings. The summed E-state index contributed by atoms with van der Waals surface area (Å²) in [7, 11) is 0. The molecule has 1 aromatic heterocycles. The minimum Gasteiger partial charge on any atom is -0.475 e. The number of hydrogen-bond acceptors (Lipinski definition) is 9. The molecular formula is C39H44F5N5O9. The number of amides is 4. The second-order valence-electron chi connectivity index (χ2n) is 14.0. The van der Waals surface area contributed by atoms with Crippen molar-refractivity contribution in [1.29, 1.82) is 0 Å². The summed E-state index contributed by atoms with van der Waals surface area (Å²) in [4.78, 5) is 72.8. The first-order chi connectivity index (χ1) is 27.1. The Hall–Kier alpha value is -5.95. The summed E-state index contributed by atoms with van der Waals surface area (Å²) >= 11 is 0. The van der Waals surface area contributed by atoms with Crippen LogP contribution in [0.15, 0.2) is 72.9 Å². The van der Waals surface area contributed by atoms with E-state index in [1.165, 1.54) is 4.90 Å².